The summed E-state index contributed by atoms with van der Waals surface area (Å²) in [5, 5.41) is 4.66. The molecule has 0 amide bonds. The third kappa shape index (κ3) is 4.88. The summed E-state index contributed by atoms with van der Waals surface area (Å²) in [5.41, 5.74) is 4.92. The molecule has 0 saturated carbocycles. The number of aromatic nitrogens is 4. The second kappa shape index (κ2) is 9.07. The van der Waals surface area contributed by atoms with Gasteiger partial charge in [0, 0.05) is 11.9 Å². The number of rotatable bonds is 4. The van der Waals surface area contributed by atoms with E-state index in [1.165, 1.54) is 17.8 Å². The Morgan fingerprint density at radius 1 is 0.938 bits per heavy atom. The standard InChI is InChI=1S/C26H25FN4.Pt/c1-25(2,3)19-9-6-8-18(16-19)21-10-7-11-22(29-21)26(4,5)23-13-15-31(30-23)20-12-14-28-24(27)17-20;/h6-7,9-11,13-17H,1-5H3;/q-2;+2. The number of nitrogens with zero attached hydrogens (tertiary/aromatic N) is 4. The van der Waals surface area contributed by atoms with E-state index in [2.05, 4.69) is 69.0 Å². The van der Waals surface area contributed by atoms with Crippen LogP contribution in [0.25, 0.3) is 16.9 Å². The van der Waals surface area contributed by atoms with Crippen molar-refractivity contribution in [1.82, 2.24) is 19.7 Å². The van der Waals surface area contributed by atoms with Crippen molar-refractivity contribution in [3.63, 3.8) is 0 Å². The molecule has 4 nitrogen and oxygen atoms in total. The second-order valence-electron chi connectivity index (χ2n) is 9.17. The van der Waals surface area contributed by atoms with E-state index in [4.69, 9.17) is 4.98 Å². The summed E-state index contributed by atoms with van der Waals surface area (Å²) in [6, 6.07) is 21.7. The Morgan fingerprint density at radius 3 is 2.44 bits per heavy atom. The summed E-state index contributed by atoms with van der Waals surface area (Å²) in [7, 11) is 0. The molecule has 166 valence electrons. The van der Waals surface area contributed by atoms with Gasteiger partial charge in [0.15, 0.2) is 0 Å². The Morgan fingerprint density at radius 2 is 1.72 bits per heavy atom. The molecule has 0 unspecified atom stereocenters. The number of benzene rings is 1. The average molecular weight is 608 g/mol. The van der Waals surface area contributed by atoms with Crippen molar-refractivity contribution >= 4 is 0 Å². The molecule has 1 aromatic carbocycles. The molecule has 0 fully saturated rings. The Kier molecular flexibility index (Phi) is 6.80. The fraction of sp³-hybridized carbons (Fsp3) is 0.269. The minimum atomic E-state index is -0.562. The zero-order chi connectivity index (χ0) is 22.2. The molecule has 0 saturated heterocycles. The van der Waals surface area contributed by atoms with Gasteiger partial charge in [-0.2, -0.15) is 5.10 Å². The van der Waals surface area contributed by atoms with Crippen molar-refractivity contribution in [3.8, 4) is 16.9 Å². The van der Waals surface area contributed by atoms with Crippen LogP contribution in [0.15, 0.2) is 60.9 Å². The number of pyridine rings is 2. The molecule has 0 aliphatic rings. The van der Waals surface area contributed by atoms with Crippen molar-refractivity contribution < 1.29 is 25.5 Å². The molecule has 0 atom stereocenters. The third-order valence-corrected chi connectivity index (χ3v) is 5.47. The van der Waals surface area contributed by atoms with Gasteiger partial charge in [-0.25, -0.2) is 10.5 Å². The van der Waals surface area contributed by atoms with Crippen molar-refractivity contribution in [3.05, 3.63) is 96.0 Å². The molecule has 3 heterocycles. The van der Waals surface area contributed by atoms with Crippen molar-refractivity contribution in [2.24, 2.45) is 0 Å². The third-order valence-electron chi connectivity index (χ3n) is 5.47. The van der Waals surface area contributed by atoms with E-state index in [1.807, 2.05) is 30.3 Å². The zero-order valence-corrected chi connectivity index (χ0v) is 21.0. The van der Waals surface area contributed by atoms with Gasteiger partial charge in [0.1, 0.15) is 5.95 Å². The molecule has 0 radical (unpaired) electrons. The smallest absolute Gasteiger partial charge is 0.300 e. The number of hydrogen-bond acceptors (Lipinski definition) is 3. The van der Waals surface area contributed by atoms with Crippen LogP contribution in [0.2, 0.25) is 0 Å². The molecule has 4 aromatic rings. The Labute approximate surface area is 203 Å². The van der Waals surface area contributed by atoms with E-state index in [9.17, 15) is 4.39 Å². The Hall–Kier alpha value is -2.65. The molecular weight excluding hydrogens is 582 g/mol. The van der Waals surface area contributed by atoms with Gasteiger partial charge in [0.25, 0.3) is 0 Å². The summed E-state index contributed by atoms with van der Waals surface area (Å²) in [6.07, 6.45) is 3.11. The largest absolute Gasteiger partial charge is 2.00 e. The summed E-state index contributed by atoms with van der Waals surface area (Å²) < 4.78 is 15.1. The van der Waals surface area contributed by atoms with E-state index in [0.29, 0.717) is 5.69 Å². The maximum atomic E-state index is 13.5. The Bertz CT molecular complexity index is 1220. The first-order valence-corrected chi connectivity index (χ1v) is 10.2. The SMILES string of the molecule is CC(C)(C)c1cc[c-]c(-c2cccc(C(C)(C)c3ccn(-c4[c-]cnc(F)c4)n3)n2)c1.[Pt+2]. The minimum absolute atomic E-state index is 0. The molecule has 0 aliphatic carbocycles. The average Bonchev–Trinajstić information content (AvgIpc) is 3.25. The summed E-state index contributed by atoms with van der Waals surface area (Å²) >= 11 is 0. The van der Waals surface area contributed by atoms with Gasteiger partial charge < -0.3 is 4.98 Å². The van der Waals surface area contributed by atoms with E-state index >= 15 is 0 Å². The minimum Gasteiger partial charge on any atom is -0.300 e. The molecule has 3 aromatic heterocycles. The van der Waals surface area contributed by atoms with Crippen LogP contribution in [0.3, 0.4) is 0 Å². The first-order valence-electron chi connectivity index (χ1n) is 10.2. The van der Waals surface area contributed by atoms with E-state index in [0.717, 1.165) is 22.6 Å². The number of halogens is 1. The molecule has 6 heteroatoms. The van der Waals surface area contributed by atoms with Gasteiger partial charge in [0.05, 0.1) is 11.1 Å². The summed E-state index contributed by atoms with van der Waals surface area (Å²) in [5.74, 6) is -0.562. The molecule has 0 bridgehead atoms. The van der Waals surface area contributed by atoms with E-state index in [1.54, 1.807) is 10.9 Å². The monoisotopic (exact) mass is 607 g/mol. The second-order valence-corrected chi connectivity index (χ2v) is 9.17. The maximum Gasteiger partial charge on any atom is 2.00 e. The van der Waals surface area contributed by atoms with Gasteiger partial charge in [-0.3, -0.25) is 9.67 Å². The van der Waals surface area contributed by atoms with E-state index < -0.39 is 11.4 Å². The molecule has 0 spiro atoms. The fourth-order valence-electron chi connectivity index (χ4n) is 3.42. The van der Waals surface area contributed by atoms with Gasteiger partial charge in [-0.15, -0.1) is 41.5 Å². The predicted octanol–water partition coefficient (Wildman–Crippen LogP) is 5.69. The molecule has 32 heavy (non-hydrogen) atoms. The van der Waals surface area contributed by atoms with Crippen LogP contribution in [0.4, 0.5) is 4.39 Å². The van der Waals surface area contributed by atoms with Crippen LogP contribution in [0.1, 0.15) is 51.6 Å². The van der Waals surface area contributed by atoms with Crippen LogP contribution in [-0.4, -0.2) is 19.7 Å². The van der Waals surface area contributed by atoms with Crippen LogP contribution < -0.4 is 0 Å². The van der Waals surface area contributed by atoms with Crippen LogP contribution in [-0.2, 0) is 31.9 Å². The topological polar surface area (TPSA) is 43.6 Å². The van der Waals surface area contributed by atoms with E-state index in [-0.39, 0.29) is 26.5 Å². The maximum absolute atomic E-state index is 13.5. The molecule has 4 rings (SSSR count). The van der Waals surface area contributed by atoms with Crippen LogP contribution >= 0.6 is 0 Å². The quantitative estimate of drug-likeness (QED) is 0.221. The van der Waals surface area contributed by atoms with Crippen molar-refractivity contribution in [1.29, 1.82) is 0 Å². The zero-order valence-electron chi connectivity index (χ0n) is 18.8. The fourth-order valence-corrected chi connectivity index (χ4v) is 3.42. The first-order chi connectivity index (χ1) is 14.6. The molecule has 0 aliphatic heterocycles. The van der Waals surface area contributed by atoms with Crippen LogP contribution in [0.5, 0.6) is 0 Å². The summed E-state index contributed by atoms with van der Waals surface area (Å²) in [6.45, 7) is 10.8. The van der Waals surface area contributed by atoms with Crippen molar-refractivity contribution in [2.75, 3.05) is 0 Å². The normalized spacial score (nSPS) is 11.8. The first kappa shape index (κ1) is 24.0. The van der Waals surface area contributed by atoms with Gasteiger partial charge >= 0.3 is 21.1 Å². The predicted molar refractivity (Wildman–Crippen MR) is 119 cm³/mol. The Balaban J connectivity index is 0.00000289. The molecular formula is C26H25FN4Pt. The van der Waals surface area contributed by atoms with Gasteiger partial charge in [0.2, 0.25) is 0 Å². The van der Waals surface area contributed by atoms with Gasteiger partial charge in [-0.1, -0.05) is 44.8 Å². The number of hydrogen-bond donors (Lipinski definition) is 0. The molecule has 0 N–H and O–H groups in total. The van der Waals surface area contributed by atoms with Gasteiger partial charge in [-0.05, 0) is 37.1 Å². The van der Waals surface area contributed by atoms with Crippen LogP contribution in [0, 0.1) is 18.1 Å². The summed E-state index contributed by atoms with van der Waals surface area (Å²) in [4.78, 5) is 8.50. The van der Waals surface area contributed by atoms with Crippen molar-refractivity contribution in [2.45, 2.75) is 45.4 Å².